The summed E-state index contributed by atoms with van der Waals surface area (Å²) in [5.41, 5.74) is 0.498. The number of benzene rings is 2. The van der Waals surface area contributed by atoms with Gasteiger partial charge in [-0.2, -0.15) is 13.2 Å². The van der Waals surface area contributed by atoms with Crippen molar-refractivity contribution in [2.75, 3.05) is 6.54 Å². The number of alkyl halides is 3. The predicted molar refractivity (Wildman–Crippen MR) is 98.9 cm³/mol. The maximum absolute atomic E-state index is 13.2. The lowest BCUT2D eigenvalue weighted by molar-refractivity contribution is -0.138. The van der Waals surface area contributed by atoms with Crippen LogP contribution in [-0.4, -0.2) is 17.4 Å². The van der Waals surface area contributed by atoms with Crippen molar-refractivity contribution in [2.24, 2.45) is 5.41 Å². The van der Waals surface area contributed by atoms with Crippen LogP contribution in [0.15, 0.2) is 67.3 Å². The van der Waals surface area contributed by atoms with Gasteiger partial charge in [0.05, 0.1) is 11.0 Å². The fraction of sp³-hybridized carbons (Fsp3) is 0.318. The highest BCUT2D eigenvalue weighted by Gasteiger charge is 2.45. The number of hydrogen-bond acceptors (Lipinski definition) is 1. The number of rotatable bonds is 6. The number of halogens is 3. The lowest BCUT2D eigenvalue weighted by atomic mass is 9.77. The van der Waals surface area contributed by atoms with Gasteiger partial charge in [0.2, 0.25) is 5.91 Å². The first kappa shape index (κ1) is 19.2. The second kappa shape index (κ2) is 7.59. The monoisotopic (exact) mass is 373 g/mol. The second-order valence-corrected chi connectivity index (χ2v) is 7.11. The van der Waals surface area contributed by atoms with E-state index >= 15 is 0 Å². The van der Waals surface area contributed by atoms with Gasteiger partial charge in [0.1, 0.15) is 0 Å². The molecule has 1 heterocycles. The van der Waals surface area contributed by atoms with Crippen LogP contribution < -0.4 is 0 Å². The van der Waals surface area contributed by atoms with Gasteiger partial charge < -0.3 is 4.90 Å². The molecule has 1 aliphatic rings. The summed E-state index contributed by atoms with van der Waals surface area (Å²) in [6, 6.07) is 14.9. The van der Waals surface area contributed by atoms with Crippen LogP contribution in [-0.2, 0) is 23.9 Å². The van der Waals surface area contributed by atoms with Gasteiger partial charge in [0.25, 0.3) is 0 Å². The Kier molecular flexibility index (Phi) is 5.40. The van der Waals surface area contributed by atoms with Crippen LogP contribution in [0.5, 0.6) is 0 Å². The number of allylic oxidation sites excluding steroid dienone is 1. The number of likely N-dealkylation sites (tertiary alicyclic amines) is 1. The van der Waals surface area contributed by atoms with Crippen LogP contribution in [0.4, 0.5) is 13.2 Å². The van der Waals surface area contributed by atoms with E-state index in [9.17, 15) is 18.0 Å². The summed E-state index contributed by atoms with van der Waals surface area (Å²) in [5.74, 6) is 0.0474. The maximum Gasteiger partial charge on any atom is 0.416 e. The molecule has 1 amide bonds. The molecule has 1 fully saturated rings. The number of nitrogens with zero attached hydrogens (tertiary/aromatic N) is 1. The predicted octanol–water partition coefficient (Wildman–Crippen LogP) is 5.24. The normalized spacial score (nSPS) is 20.1. The zero-order valence-electron chi connectivity index (χ0n) is 15.0. The highest BCUT2D eigenvalue weighted by molar-refractivity contribution is 5.85. The van der Waals surface area contributed by atoms with Crippen molar-refractivity contribution in [3.8, 4) is 0 Å². The quantitative estimate of drug-likeness (QED) is 0.634. The lowest BCUT2D eigenvalue weighted by Gasteiger charge is -2.27. The number of hydrogen-bond donors (Lipinski definition) is 0. The third-order valence-corrected chi connectivity index (χ3v) is 5.18. The molecule has 27 heavy (non-hydrogen) atoms. The van der Waals surface area contributed by atoms with Gasteiger partial charge in [-0.3, -0.25) is 4.79 Å². The van der Waals surface area contributed by atoms with E-state index in [0.29, 0.717) is 32.4 Å². The molecule has 0 saturated carbocycles. The molecular formula is C22H22F3NO. The Hall–Kier alpha value is -2.56. The summed E-state index contributed by atoms with van der Waals surface area (Å²) in [6.45, 7) is 4.97. The largest absolute Gasteiger partial charge is 0.416 e. The van der Waals surface area contributed by atoms with Gasteiger partial charge in [0.15, 0.2) is 0 Å². The molecule has 0 N–H and O–H groups in total. The minimum Gasteiger partial charge on any atom is -0.338 e. The van der Waals surface area contributed by atoms with Crippen LogP contribution in [0, 0.1) is 5.41 Å². The Morgan fingerprint density at radius 3 is 2.30 bits per heavy atom. The van der Waals surface area contributed by atoms with E-state index in [1.54, 1.807) is 6.08 Å². The third kappa shape index (κ3) is 4.24. The van der Waals surface area contributed by atoms with Crippen molar-refractivity contribution in [1.29, 1.82) is 0 Å². The fourth-order valence-corrected chi connectivity index (χ4v) is 3.75. The molecule has 1 saturated heterocycles. The molecule has 1 aliphatic heterocycles. The van der Waals surface area contributed by atoms with Gasteiger partial charge in [-0.1, -0.05) is 48.5 Å². The van der Waals surface area contributed by atoms with E-state index in [2.05, 4.69) is 6.58 Å². The van der Waals surface area contributed by atoms with E-state index in [-0.39, 0.29) is 5.91 Å². The van der Waals surface area contributed by atoms with E-state index in [0.717, 1.165) is 23.3 Å². The Morgan fingerprint density at radius 2 is 1.70 bits per heavy atom. The smallest absolute Gasteiger partial charge is 0.338 e. The lowest BCUT2D eigenvalue weighted by Crippen LogP contribution is -2.35. The second-order valence-electron chi connectivity index (χ2n) is 7.11. The molecule has 142 valence electrons. The van der Waals surface area contributed by atoms with Crippen LogP contribution in [0.2, 0.25) is 0 Å². The third-order valence-electron chi connectivity index (χ3n) is 5.18. The minimum absolute atomic E-state index is 0.0474. The summed E-state index contributed by atoms with van der Waals surface area (Å²) in [5, 5.41) is 0. The molecule has 0 aliphatic carbocycles. The SMILES string of the molecule is C=CCC1(Cc2ccc(C(F)(F)F)cc2)CCN(Cc2ccccc2)C1=O. The van der Waals surface area contributed by atoms with Crippen molar-refractivity contribution in [1.82, 2.24) is 4.90 Å². The highest BCUT2D eigenvalue weighted by Crippen LogP contribution is 2.40. The molecule has 0 radical (unpaired) electrons. The van der Waals surface area contributed by atoms with Gasteiger partial charge in [0, 0.05) is 13.1 Å². The first-order chi connectivity index (χ1) is 12.8. The van der Waals surface area contributed by atoms with Crippen LogP contribution in [0.25, 0.3) is 0 Å². The van der Waals surface area contributed by atoms with Crippen LogP contribution >= 0.6 is 0 Å². The van der Waals surface area contributed by atoms with Gasteiger partial charge in [-0.15, -0.1) is 6.58 Å². The number of carbonyl (C=O) groups excluding carboxylic acids is 1. The summed E-state index contributed by atoms with van der Waals surface area (Å²) < 4.78 is 38.3. The Morgan fingerprint density at radius 1 is 1.04 bits per heavy atom. The van der Waals surface area contributed by atoms with Gasteiger partial charge in [-0.05, 0) is 42.5 Å². The van der Waals surface area contributed by atoms with Crippen molar-refractivity contribution in [2.45, 2.75) is 32.0 Å². The summed E-state index contributed by atoms with van der Waals surface area (Å²) in [7, 11) is 0. The minimum atomic E-state index is -4.35. The molecule has 2 aromatic rings. The van der Waals surface area contributed by atoms with E-state index in [4.69, 9.17) is 0 Å². The van der Waals surface area contributed by atoms with Gasteiger partial charge >= 0.3 is 6.18 Å². The van der Waals surface area contributed by atoms with E-state index < -0.39 is 17.2 Å². The zero-order chi connectivity index (χ0) is 19.5. The summed E-state index contributed by atoms with van der Waals surface area (Å²) in [4.78, 5) is 15.0. The Bertz CT molecular complexity index is 799. The molecule has 1 unspecified atom stereocenters. The van der Waals surface area contributed by atoms with Crippen molar-refractivity contribution in [3.05, 3.63) is 83.9 Å². The van der Waals surface area contributed by atoms with Crippen LogP contribution in [0.3, 0.4) is 0 Å². The summed E-state index contributed by atoms with van der Waals surface area (Å²) >= 11 is 0. The van der Waals surface area contributed by atoms with Crippen molar-refractivity contribution in [3.63, 3.8) is 0 Å². The number of carbonyl (C=O) groups is 1. The van der Waals surface area contributed by atoms with E-state index in [1.807, 2.05) is 35.2 Å². The average molecular weight is 373 g/mol. The molecule has 0 spiro atoms. The molecule has 0 bridgehead atoms. The average Bonchev–Trinajstić information content (AvgIpc) is 2.92. The summed E-state index contributed by atoms with van der Waals surface area (Å²) in [6.07, 6.45) is -1.02. The fourth-order valence-electron chi connectivity index (χ4n) is 3.75. The Balaban J connectivity index is 1.78. The first-order valence-electron chi connectivity index (χ1n) is 8.94. The maximum atomic E-state index is 13.2. The molecule has 0 aromatic heterocycles. The zero-order valence-corrected chi connectivity index (χ0v) is 15.0. The van der Waals surface area contributed by atoms with Gasteiger partial charge in [-0.25, -0.2) is 0 Å². The van der Waals surface area contributed by atoms with Crippen molar-refractivity contribution >= 4 is 5.91 Å². The van der Waals surface area contributed by atoms with Crippen LogP contribution in [0.1, 0.15) is 29.5 Å². The standard InChI is InChI=1S/C22H22F3NO/c1-2-12-21(15-17-8-10-19(11-9-17)22(23,24)25)13-14-26(20(21)27)16-18-6-4-3-5-7-18/h2-11H,1,12-16H2. The Labute approximate surface area is 157 Å². The molecular weight excluding hydrogens is 351 g/mol. The topological polar surface area (TPSA) is 20.3 Å². The highest BCUT2D eigenvalue weighted by atomic mass is 19.4. The van der Waals surface area contributed by atoms with E-state index in [1.165, 1.54) is 12.1 Å². The molecule has 5 heteroatoms. The molecule has 3 rings (SSSR count). The molecule has 1 atom stereocenters. The first-order valence-corrected chi connectivity index (χ1v) is 8.94. The van der Waals surface area contributed by atoms with Crippen molar-refractivity contribution < 1.29 is 18.0 Å². The number of amides is 1. The molecule has 2 nitrogen and oxygen atoms in total. The molecule has 2 aromatic carbocycles.